The number of hydrogen-bond acceptors (Lipinski definition) is 5. The average molecular weight is 294 g/mol. The van der Waals surface area contributed by atoms with Gasteiger partial charge in [-0.05, 0) is 31.5 Å². The van der Waals surface area contributed by atoms with Gasteiger partial charge >= 0.3 is 0 Å². The van der Waals surface area contributed by atoms with E-state index in [1.165, 1.54) is 0 Å². The molecule has 2 rings (SSSR count). The summed E-state index contributed by atoms with van der Waals surface area (Å²) >= 11 is 0. The SMILES string of the molecule is C[C@@H]1CN(CC(O)COc2cccc(CN)c2)C[C@H](C)O1. The minimum absolute atomic E-state index is 0.211. The van der Waals surface area contributed by atoms with Gasteiger partial charge in [0.15, 0.2) is 0 Å². The van der Waals surface area contributed by atoms with Crippen molar-refractivity contribution in [3.8, 4) is 5.75 Å². The number of ether oxygens (including phenoxy) is 2. The highest BCUT2D eigenvalue weighted by molar-refractivity contribution is 5.28. The van der Waals surface area contributed by atoms with Gasteiger partial charge in [-0.25, -0.2) is 0 Å². The van der Waals surface area contributed by atoms with Crippen LogP contribution in [0.2, 0.25) is 0 Å². The summed E-state index contributed by atoms with van der Waals surface area (Å²) in [5, 5.41) is 10.1. The van der Waals surface area contributed by atoms with Crippen molar-refractivity contribution in [3.05, 3.63) is 29.8 Å². The van der Waals surface area contributed by atoms with Gasteiger partial charge in [-0.3, -0.25) is 4.90 Å². The van der Waals surface area contributed by atoms with E-state index in [1.807, 2.05) is 24.3 Å². The summed E-state index contributed by atoms with van der Waals surface area (Å²) in [5.74, 6) is 0.751. The number of hydrogen-bond donors (Lipinski definition) is 2. The molecule has 118 valence electrons. The van der Waals surface area contributed by atoms with Gasteiger partial charge in [0.25, 0.3) is 0 Å². The van der Waals surface area contributed by atoms with Crippen molar-refractivity contribution in [3.63, 3.8) is 0 Å². The van der Waals surface area contributed by atoms with Crippen molar-refractivity contribution in [2.45, 2.75) is 38.7 Å². The second kappa shape index (κ2) is 7.75. The Balaban J connectivity index is 1.77. The molecule has 1 heterocycles. The molecule has 0 aliphatic carbocycles. The maximum atomic E-state index is 10.1. The molecule has 3 N–H and O–H groups in total. The first-order chi connectivity index (χ1) is 10.1. The number of benzene rings is 1. The Morgan fingerprint density at radius 3 is 2.76 bits per heavy atom. The van der Waals surface area contributed by atoms with Crippen LogP contribution in [0.25, 0.3) is 0 Å². The summed E-state index contributed by atoms with van der Waals surface area (Å²) in [6, 6.07) is 7.66. The lowest BCUT2D eigenvalue weighted by Crippen LogP contribution is -2.48. The fraction of sp³-hybridized carbons (Fsp3) is 0.625. The van der Waals surface area contributed by atoms with Crippen LogP contribution in [-0.4, -0.2) is 54.6 Å². The largest absolute Gasteiger partial charge is 0.491 e. The molecule has 5 nitrogen and oxygen atoms in total. The van der Waals surface area contributed by atoms with Crippen LogP contribution in [-0.2, 0) is 11.3 Å². The first-order valence-corrected chi connectivity index (χ1v) is 7.54. The highest BCUT2D eigenvalue weighted by Gasteiger charge is 2.23. The third kappa shape index (κ3) is 5.28. The highest BCUT2D eigenvalue weighted by Crippen LogP contribution is 2.14. The zero-order valence-electron chi connectivity index (χ0n) is 12.9. The fourth-order valence-electron chi connectivity index (χ4n) is 2.74. The molecule has 3 atom stereocenters. The van der Waals surface area contributed by atoms with Crippen molar-refractivity contribution in [2.24, 2.45) is 5.73 Å². The third-order valence-electron chi connectivity index (χ3n) is 3.54. The Morgan fingerprint density at radius 2 is 2.10 bits per heavy atom. The molecule has 1 saturated heterocycles. The number of aliphatic hydroxyl groups is 1. The van der Waals surface area contributed by atoms with Crippen LogP contribution in [0.3, 0.4) is 0 Å². The van der Waals surface area contributed by atoms with E-state index in [4.69, 9.17) is 15.2 Å². The predicted octanol–water partition coefficient (Wildman–Crippen LogP) is 0.994. The minimum Gasteiger partial charge on any atom is -0.491 e. The lowest BCUT2D eigenvalue weighted by Gasteiger charge is -2.36. The molecule has 1 aliphatic rings. The molecule has 21 heavy (non-hydrogen) atoms. The second-order valence-corrected chi connectivity index (χ2v) is 5.79. The third-order valence-corrected chi connectivity index (χ3v) is 3.54. The van der Waals surface area contributed by atoms with E-state index >= 15 is 0 Å². The van der Waals surface area contributed by atoms with Gasteiger partial charge in [-0.2, -0.15) is 0 Å². The van der Waals surface area contributed by atoms with Gasteiger partial charge in [0.1, 0.15) is 18.5 Å². The Bertz CT molecular complexity index is 431. The second-order valence-electron chi connectivity index (χ2n) is 5.79. The Kier molecular flexibility index (Phi) is 5.99. The zero-order chi connectivity index (χ0) is 15.2. The Morgan fingerprint density at radius 1 is 1.38 bits per heavy atom. The number of nitrogens with two attached hydrogens (primary N) is 1. The number of morpholine rings is 1. The quantitative estimate of drug-likeness (QED) is 0.819. The molecule has 0 bridgehead atoms. The molecular weight excluding hydrogens is 268 g/mol. The van der Waals surface area contributed by atoms with Crippen molar-refractivity contribution in [1.82, 2.24) is 4.90 Å². The molecule has 0 amide bonds. The standard InChI is InChI=1S/C16H26N2O3/c1-12-8-18(9-13(2)21-12)10-15(19)11-20-16-5-3-4-14(6-16)7-17/h3-6,12-13,15,19H,7-11,17H2,1-2H3/t12-,13+,15?. The predicted molar refractivity (Wildman–Crippen MR) is 82.3 cm³/mol. The summed E-state index contributed by atoms with van der Waals surface area (Å²) in [6.07, 6.45) is -0.0877. The molecule has 0 saturated carbocycles. The number of nitrogens with zero attached hydrogens (tertiary/aromatic N) is 1. The maximum absolute atomic E-state index is 10.1. The van der Waals surface area contributed by atoms with Crippen LogP contribution in [0, 0.1) is 0 Å². The lowest BCUT2D eigenvalue weighted by atomic mass is 10.2. The fourth-order valence-corrected chi connectivity index (χ4v) is 2.74. The molecule has 1 unspecified atom stereocenters. The molecule has 1 aromatic carbocycles. The van der Waals surface area contributed by atoms with Gasteiger partial charge in [0, 0.05) is 26.2 Å². The maximum Gasteiger partial charge on any atom is 0.119 e. The molecule has 0 radical (unpaired) electrons. The first kappa shape index (κ1) is 16.2. The van der Waals surface area contributed by atoms with Crippen LogP contribution >= 0.6 is 0 Å². The van der Waals surface area contributed by atoms with Gasteiger partial charge in [-0.1, -0.05) is 12.1 Å². The molecule has 0 aromatic heterocycles. The van der Waals surface area contributed by atoms with Crippen LogP contribution < -0.4 is 10.5 Å². The molecular formula is C16H26N2O3. The van der Waals surface area contributed by atoms with E-state index in [0.717, 1.165) is 24.4 Å². The summed E-state index contributed by atoms with van der Waals surface area (Å²) in [6.45, 7) is 7.20. The molecule has 1 fully saturated rings. The number of β-amino-alcohol motifs (C(OH)–C–C–N with tert-alkyl or cyclic N) is 1. The van der Waals surface area contributed by atoms with Gasteiger partial charge in [0.05, 0.1) is 12.2 Å². The van der Waals surface area contributed by atoms with Crippen molar-refractivity contribution < 1.29 is 14.6 Å². The van der Waals surface area contributed by atoms with Gasteiger partial charge in [0.2, 0.25) is 0 Å². The molecule has 1 aliphatic heterocycles. The zero-order valence-corrected chi connectivity index (χ0v) is 12.9. The lowest BCUT2D eigenvalue weighted by molar-refractivity contribution is -0.0786. The number of aliphatic hydroxyl groups excluding tert-OH is 1. The number of rotatable bonds is 6. The van der Waals surface area contributed by atoms with Crippen LogP contribution in [0.5, 0.6) is 5.75 Å². The van der Waals surface area contributed by atoms with Crippen molar-refractivity contribution >= 4 is 0 Å². The summed E-state index contributed by atoms with van der Waals surface area (Å²) in [5.41, 5.74) is 6.63. The van der Waals surface area contributed by atoms with Crippen LogP contribution in [0.4, 0.5) is 0 Å². The first-order valence-electron chi connectivity index (χ1n) is 7.54. The summed E-state index contributed by atoms with van der Waals surface area (Å²) in [4.78, 5) is 2.23. The molecule has 1 aromatic rings. The van der Waals surface area contributed by atoms with E-state index in [9.17, 15) is 5.11 Å². The van der Waals surface area contributed by atoms with Crippen LogP contribution in [0.1, 0.15) is 19.4 Å². The van der Waals surface area contributed by atoms with Crippen molar-refractivity contribution in [1.29, 1.82) is 0 Å². The van der Waals surface area contributed by atoms with E-state index in [1.54, 1.807) is 0 Å². The van der Waals surface area contributed by atoms with Crippen molar-refractivity contribution in [2.75, 3.05) is 26.2 Å². The molecule has 5 heteroatoms. The highest BCUT2D eigenvalue weighted by atomic mass is 16.5. The van der Waals surface area contributed by atoms with E-state index in [-0.39, 0.29) is 18.8 Å². The Hall–Kier alpha value is -1.14. The Labute approximate surface area is 126 Å². The molecule has 0 spiro atoms. The average Bonchev–Trinajstić information content (AvgIpc) is 2.44. The normalized spacial score (nSPS) is 24.8. The smallest absolute Gasteiger partial charge is 0.119 e. The van der Waals surface area contributed by atoms with E-state index < -0.39 is 6.10 Å². The van der Waals surface area contributed by atoms with E-state index in [0.29, 0.717) is 13.1 Å². The minimum atomic E-state index is -0.510. The van der Waals surface area contributed by atoms with Gasteiger partial charge < -0.3 is 20.3 Å². The van der Waals surface area contributed by atoms with Gasteiger partial charge in [-0.15, -0.1) is 0 Å². The summed E-state index contributed by atoms with van der Waals surface area (Å²) < 4.78 is 11.3. The monoisotopic (exact) mass is 294 g/mol. The summed E-state index contributed by atoms with van der Waals surface area (Å²) in [7, 11) is 0. The van der Waals surface area contributed by atoms with Crippen LogP contribution in [0.15, 0.2) is 24.3 Å². The topological polar surface area (TPSA) is 68.0 Å². The van der Waals surface area contributed by atoms with E-state index in [2.05, 4.69) is 18.7 Å².